The zero-order valence-corrected chi connectivity index (χ0v) is 11.7. The number of nitrogens with one attached hydrogen (secondary N) is 1. The molecule has 1 aromatic rings. The van der Waals surface area contributed by atoms with E-state index in [2.05, 4.69) is 11.9 Å². The fraction of sp³-hybridized carbons (Fsp3) is 0.333. The van der Waals surface area contributed by atoms with Crippen molar-refractivity contribution >= 4 is 17.5 Å². The van der Waals surface area contributed by atoms with E-state index in [0.29, 0.717) is 16.2 Å². The summed E-state index contributed by atoms with van der Waals surface area (Å²) in [5.41, 5.74) is 0.992. The Kier molecular flexibility index (Phi) is 4.54. The van der Waals surface area contributed by atoms with Gasteiger partial charge in [0, 0.05) is 18.7 Å². The fourth-order valence-corrected chi connectivity index (χ4v) is 2.46. The highest BCUT2D eigenvalue weighted by atomic mass is 19.4. The zero-order valence-electron chi connectivity index (χ0n) is 11.7. The minimum Gasteiger partial charge on any atom is -0.329 e. The number of halogens is 3. The van der Waals surface area contributed by atoms with Gasteiger partial charge in [0.25, 0.3) is 0 Å². The van der Waals surface area contributed by atoms with Crippen molar-refractivity contribution in [3.8, 4) is 0 Å². The second kappa shape index (κ2) is 6.21. The van der Waals surface area contributed by atoms with Gasteiger partial charge in [0.1, 0.15) is 6.54 Å². The first-order chi connectivity index (χ1) is 10.3. The second-order valence-electron chi connectivity index (χ2n) is 5.01. The van der Waals surface area contributed by atoms with E-state index in [1.54, 1.807) is 24.3 Å². The number of carbonyl (C=O) groups excluding carboxylic acids is 2. The highest BCUT2D eigenvalue weighted by Gasteiger charge is 2.38. The van der Waals surface area contributed by atoms with Crippen molar-refractivity contribution in [2.24, 2.45) is 0 Å². The molecule has 118 valence electrons. The standard InChI is InChI=1S/C15H15F3N2O2/c1-2-7-20(9-15(16,17)18)14(22)11-8-13(21)19-12-6-4-3-5-10(11)12/h2-6,11H,1,7-9H2,(H,19,21). The van der Waals surface area contributed by atoms with Gasteiger partial charge >= 0.3 is 6.18 Å². The van der Waals surface area contributed by atoms with Gasteiger partial charge in [-0.2, -0.15) is 13.2 Å². The Morgan fingerprint density at radius 3 is 2.73 bits per heavy atom. The van der Waals surface area contributed by atoms with Crippen LogP contribution in [0.25, 0.3) is 0 Å². The quantitative estimate of drug-likeness (QED) is 0.869. The average Bonchev–Trinajstić information content (AvgIpc) is 2.43. The minimum absolute atomic E-state index is 0.165. The Balaban J connectivity index is 2.30. The Labute approximate surface area is 125 Å². The van der Waals surface area contributed by atoms with E-state index in [0.717, 1.165) is 0 Å². The van der Waals surface area contributed by atoms with Gasteiger partial charge in [-0.3, -0.25) is 9.59 Å². The molecule has 0 aliphatic carbocycles. The third-order valence-electron chi connectivity index (χ3n) is 3.33. The summed E-state index contributed by atoms with van der Waals surface area (Å²) in [5, 5.41) is 2.61. The van der Waals surface area contributed by atoms with Gasteiger partial charge in [-0.05, 0) is 11.6 Å². The SMILES string of the molecule is C=CCN(CC(F)(F)F)C(=O)C1CC(=O)Nc2ccccc21. The molecule has 1 aliphatic heterocycles. The number of carbonyl (C=O) groups is 2. The van der Waals surface area contributed by atoms with Gasteiger partial charge in [0.15, 0.2) is 0 Å². The molecule has 1 atom stereocenters. The molecule has 0 saturated heterocycles. The maximum atomic E-state index is 12.6. The summed E-state index contributed by atoms with van der Waals surface area (Å²) >= 11 is 0. The summed E-state index contributed by atoms with van der Waals surface area (Å²) in [6, 6.07) is 6.62. The summed E-state index contributed by atoms with van der Waals surface area (Å²) in [6.45, 7) is 1.79. The molecule has 2 rings (SSSR count). The Hall–Kier alpha value is -2.31. The lowest BCUT2D eigenvalue weighted by Crippen LogP contribution is -2.43. The van der Waals surface area contributed by atoms with E-state index in [1.165, 1.54) is 6.08 Å². The number of amides is 2. The van der Waals surface area contributed by atoms with Crippen LogP contribution in [-0.2, 0) is 9.59 Å². The molecule has 1 N–H and O–H groups in total. The van der Waals surface area contributed by atoms with Gasteiger partial charge in [-0.1, -0.05) is 24.3 Å². The largest absolute Gasteiger partial charge is 0.406 e. The number of hydrogen-bond donors (Lipinski definition) is 1. The van der Waals surface area contributed by atoms with Gasteiger partial charge in [-0.25, -0.2) is 0 Å². The molecule has 22 heavy (non-hydrogen) atoms. The molecule has 1 aliphatic rings. The van der Waals surface area contributed by atoms with Crippen LogP contribution in [0.15, 0.2) is 36.9 Å². The average molecular weight is 312 g/mol. The zero-order chi connectivity index (χ0) is 16.3. The van der Waals surface area contributed by atoms with Crippen molar-refractivity contribution < 1.29 is 22.8 Å². The van der Waals surface area contributed by atoms with Crippen molar-refractivity contribution in [3.63, 3.8) is 0 Å². The number of anilines is 1. The first kappa shape index (κ1) is 16.1. The van der Waals surface area contributed by atoms with Gasteiger partial charge < -0.3 is 10.2 Å². The van der Waals surface area contributed by atoms with Gasteiger partial charge in [0.05, 0.1) is 5.92 Å². The number of nitrogens with zero attached hydrogens (tertiary/aromatic N) is 1. The predicted octanol–water partition coefficient (Wildman–Crippen LogP) is 2.69. The molecule has 0 radical (unpaired) electrons. The van der Waals surface area contributed by atoms with Crippen molar-refractivity contribution in [2.45, 2.75) is 18.5 Å². The van der Waals surface area contributed by atoms with Crippen LogP contribution in [-0.4, -0.2) is 36.0 Å². The van der Waals surface area contributed by atoms with Crippen LogP contribution in [0, 0.1) is 0 Å². The number of fused-ring (bicyclic) bond motifs is 1. The van der Waals surface area contributed by atoms with Crippen molar-refractivity contribution in [3.05, 3.63) is 42.5 Å². The molecule has 0 aromatic heterocycles. The third-order valence-corrected chi connectivity index (χ3v) is 3.33. The third kappa shape index (κ3) is 3.66. The summed E-state index contributed by atoms with van der Waals surface area (Å²) in [5.74, 6) is -2.02. The lowest BCUT2D eigenvalue weighted by Gasteiger charge is -2.30. The monoisotopic (exact) mass is 312 g/mol. The van der Waals surface area contributed by atoms with Crippen LogP contribution in [0.5, 0.6) is 0 Å². The lowest BCUT2D eigenvalue weighted by molar-refractivity contribution is -0.161. The number of rotatable bonds is 4. The van der Waals surface area contributed by atoms with Crippen LogP contribution in [0.2, 0.25) is 0 Å². The number of alkyl halides is 3. The summed E-state index contributed by atoms with van der Waals surface area (Å²) < 4.78 is 37.9. The fourth-order valence-electron chi connectivity index (χ4n) is 2.46. The Bertz CT molecular complexity index is 599. The van der Waals surface area contributed by atoms with Crippen LogP contribution >= 0.6 is 0 Å². The molecule has 0 bridgehead atoms. The smallest absolute Gasteiger partial charge is 0.329 e. The summed E-state index contributed by atoms with van der Waals surface area (Å²) in [7, 11) is 0. The molecule has 1 unspecified atom stereocenters. The maximum Gasteiger partial charge on any atom is 0.406 e. The molecule has 2 amide bonds. The van der Waals surface area contributed by atoms with Crippen LogP contribution < -0.4 is 5.32 Å². The summed E-state index contributed by atoms with van der Waals surface area (Å²) in [4.78, 5) is 24.8. The molecular weight excluding hydrogens is 297 g/mol. The molecule has 7 heteroatoms. The normalized spacial score (nSPS) is 17.4. The van der Waals surface area contributed by atoms with Crippen LogP contribution in [0.3, 0.4) is 0 Å². The molecular formula is C15H15F3N2O2. The van der Waals surface area contributed by atoms with Gasteiger partial charge in [0.2, 0.25) is 11.8 Å². The van der Waals surface area contributed by atoms with E-state index < -0.39 is 24.5 Å². The van der Waals surface area contributed by atoms with E-state index in [-0.39, 0.29) is 18.9 Å². The highest BCUT2D eigenvalue weighted by Crippen LogP contribution is 2.33. The number of para-hydroxylation sites is 1. The molecule has 1 aromatic carbocycles. The van der Waals surface area contributed by atoms with E-state index >= 15 is 0 Å². The van der Waals surface area contributed by atoms with E-state index in [1.807, 2.05) is 0 Å². The lowest BCUT2D eigenvalue weighted by atomic mass is 9.89. The van der Waals surface area contributed by atoms with Crippen LogP contribution in [0.1, 0.15) is 17.9 Å². The van der Waals surface area contributed by atoms with E-state index in [4.69, 9.17) is 0 Å². The van der Waals surface area contributed by atoms with Gasteiger partial charge in [-0.15, -0.1) is 6.58 Å². The van der Waals surface area contributed by atoms with Crippen molar-refractivity contribution in [1.82, 2.24) is 4.90 Å². The van der Waals surface area contributed by atoms with E-state index in [9.17, 15) is 22.8 Å². The Morgan fingerprint density at radius 1 is 1.41 bits per heavy atom. The predicted molar refractivity (Wildman–Crippen MR) is 75.3 cm³/mol. The second-order valence-corrected chi connectivity index (χ2v) is 5.01. The Morgan fingerprint density at radius 2 is 2.09 bits per heavy atom. The maximum absolute atomic E-state index is 12.6. The van der Waals surface area contributed by atoms with Crippen molar-refractivity contribution in [2.75, 3.05) is 18.4 Å². The first-order valence-electron chi connectivity index (χ1n) is 6.67. The molecule has 0 saturated carbocycles. The first-order valence-corrected chi connectivity index (χ1v) is 6.67. The number of hydrogen-bond acceptors (Lipinski definition) is 2. The topological polar surface area (TPSA) is 49.4 Å². The van der Waals surface area contributed by atoms with Crippen molar-refractivity contribution in [1.29, 1.82) is 0 Å². The molecule has 4 nitrogen and oxygen atoms in total. The molecule has 1 heterocycles. The van der Waals surface area contributed by atoms with Crippen LogP contribution in [0.4, 0.5) is 18.9 Å². The molecule has 0 fully saturated rings. The molecule has 0 spiro atoms. The highest BCUT2D eigenvalue weighted by molar-refractivity contribution is 6.01. The summed E-state index contributed by atoms with van der Waals surface area (Å²) in [6.07, 6.45) is -3.44. The minimum atomic E-state index is -4.50. The number of benzene rings is 1.